The van der Waals surface area contributed by atoms with Crippen molar-refractivity contribution in [1.82, 2.24) is 10.2 Å². The van der Waals surface area contributed by atoms with Gasteiger partial charge in [-0.15, -0.1) is 0 Å². The lowest BCUT2D eigenvalue weighted by Gasteiger charge is -2.25. The molecule has 4 nitrogen and oxygen atoms in total. The second-order valence-electron chi connectivity index (χ2n) is 4.17. The third-order valence-electron chi connectivity index (χ3n) is 2.91. The van der Waals surface area contributed by atoms with Crippen LogP contribution in [0.15, 0.2) is 0 Å². The van der Waals surface area contributed by atoms with Crippen LogP contribution in [-0.4, -0.2) is 49.7 Å². The Bertz CT molecular complexity index is 210. The Morgan fingerprint density at radius 2 is 2.36 bits per heavy atom. The van der Waals surface area contributed by atoms with Gasteiger partial charge in [-0.05, 0) is 12.8 Å². The van der Waals surface area contributed by atoms with Crippen LogP contribution in [0.4, 0.5) is 0 Å². The Labute approximate surface area is 84.6 Å². The molecule has 80 valence electrons. The summed E-state index contributed by atoms with van der Waals surface area (Å²) >= 11 is 0. The molecule has 1 saturated heterocycles. The predicted molar refractivity (Wildman–Crippen MR) is 53.0 cm³/mol. The minimum absolute atomic E-state index is 0.220. The van der Waals surface area contributed by atoms with Gasteiger partial charge in [0.15, 0.2) is 0 Å². The third kappa shape index (κ3) is 2.45. The molecule has 0 aromatic rings. The number of nitrogens with one attached hydrogen (secondary N) is 1. The van der Waals surface area contributed by atoms with E-state index in [2.05, 4.69) is 5.32 Å². The molecule has 2 rings (SSSR count). The minimum atomic E-state index is 0.220. The molecule has 14 heavy (non-hydrogen) atoms. The lowest BCUT2D eigenvalue weighted by atomic mass is 10.2. The standard InChI is InChI=1S/C10H18N2O2/c1-12(9-2-3-9)10(13)6-8-7-14-5-4-11-8/h8-9,11H,2-7H2,1H3. The van der Waals surface area contributed by atoms with Crippen molar-refractivity contribution >= 4 is 5.91 Å². The van der Waals surface area contributed by atoms with Gasteiger partial charge in [0.1, 0.15) is 0 Å². The number of hydrogen-bond acceptors (Lipinski definition) is 3. The second kappa shape index (κ2) is 4.28. The van der Waals surface area contributed by atoms with E-state index in [4.69, 9.17) is 4.74 Å². The van der Waals surface area contributed by atoms with E-state index in [1.807, 2.05) is 11.9 Å². The number of nitrogens with zero attached hydrogens (tertiary/aromatic N) is 1. The smallest absolute Gasteiger partial charge is 0.224 e. The Balaban J connectivity index is 1.74. The van der Waals surface area contributed by atoms with Gasteiger partial charge in [0, 0.05) is 32.1 Å². The fraction of sp³-hybridized carbons (Fsp3) is 0.900. The lowest BCUT2D eigenvalue weighted by Crippen LogP contribution is -2.44. The first-order valence-electron chi connectivity index (χ1n) is 5.34. The molecule has 0 aromatic heterocycles. The summed E-state index contributed by atoms with van der Waals surface area (Å²) in [5.74, 6) is 0.246. The average molecular weight is 198 g/mol. The van der Waals surface area contributed by atoms with Crippen molar-refractivity contribution in [2.75, 3.05) is 26.8 Å². The van der Waals surface area contributed by atoms with Crippen LogP contribution in [0.1, 0.15) is 19.3 Å². The number of ether oxygens (including phenoxy) is 1. The van der Waals surface area contributed by atoms with Crippen molar-refractivity contribution in [3.8, 4) is 0 Å². The van der Waals surface area contributed by atoms with E-state index in [1.165, 1.54) is 12.8 Å². The van der Waals surface area contributed by atoms with E-state index in [-0.39, 0.29) is 11.9 Å². The summed E-state index contributed by atoms with van der Waals surface area (Å²) in [5, 5.41) is 3.29. The summed E-state index contributed by atoms with van der Waals surface area (Å²) < 4.78 is 5.31. The molecule has 0 radical (unpaired) electrons. The molecule has 1 N–H and O–H groups in total. The van der Waals surface area contributed by atoms with E-state index >= 15 is 0 Å². The molecule has 1 aliphatic carbocycles. The Kier molecular flexibility index (Phi) is 3.03. The Morgan fingerprint density at radius 3 is 2.93 bits per heavy atom. The molecule has 1 amide bonds. The molecule has 4 heteroatoms. The summed E-state index contributed by atoms with van der Waals surface area (Å²) in [4.78, 5) is 13.6. The molecule has 1 aliphatic heterocycles. The van der Waals surface area contributed by atoms with Crippen LogP contribution >= 0.6 is 0 Å². The van der Waals surface area contributed by atoms with Gasteiger partial charge in [-0.2, -0.15) is 0 Å². The van der Waals surface area contributed by atoms with Gasteiger partial charge in [-0.1, -0.05) is 0 Å². The van der Waals surface area contributed by atoms with E-state index in [9.17, 15) is 4.79 Å². The van der Waals surface area contributed by atoms with Crippen molar-refractivity contribution < 1.29 is 9.53 Å². The maximum Gasteiger partial charge on any atom is 0.224 e. The third-order valence-corrected chi connectivity index (χ3v) is 2.91. The first kappa shape index (κ1) is 9.93. The largest absolute Gasteiger partial charge is 0.378 e. The van der Waals surface area contributed by atoms with Gasteiger partial charge in [-0.3, -0.25) is 4.79 Å². The summed E-state index contributed by atoms with van der Waals surface area (Å²) in [5.41, 5.74) is 0. The number of hydrogen-bond donors (Lipinski definition) is 1. The van der Waals surface area contributed by atoms with E-state index in [1.54, 1.807) is 0 Å². The van der Waals surface area contributed by atoms with Crippen molar-refractivity contribution in [2.45, 2.75) is 31.3 Å². The van der Waals surface area contributed by atoms with Crippen LogP contribution in [0.25, 0.3) is 0 Å². The fourth-order valence-corrected chi connectivity index (χ4v) is 1.77. The summed E-state index contributed by atoms with van der Waals surface area (Å²) in [6.07, 6.45) is 2.93. The number of carbonyl (C=O) groups excluding carboxylic acids is 1. The Hall–Kier alpha value is -0.610. The first-order chi connectivity index (χ1) is 6.77. The van der Waals surface area contributed by atoms with Gasteiger partial charge < -0.3 is 15.0 Å². The van der Waals surface area contributed by atoms with Crippen LogP contribution in [0.2, 0.25) is 0 Å². The highest BCUT2D eigenvalue weighted by molar-refractivity contribution is 5.77. The van der Waals surface area contributed by atoms with Crippen LogP contribution in [-0.2, 0) is 9.53 Å². The van der Waals surface area contributed by atoms with E-state index in [0.29, 0.717) is 19.1 Å². The van der Waals surface area contributed by atoms with E-state index in [0.717, 1.165) is 13.2 Å². The number of rotatable bonds is 3. The first-order valence-corrected chi connectivity index (χ1v) is 5.34. The normalized spacial score (nSPS) is 27.4. The second-order valence-corrected chi connectivity index (χ2v) is 4.17. The molecule has 0 spiro atoms. The van der Waals surface area contributed by atoms with Crippen LogP contribution in [0, 0.1) is 0 Å². The topological polar surface area (TPSA) is 41.6 Å². The summed E-state index contributed by atoms with van der Waals surface area (Å²) in [6.45, 7) is 2.30. The van der Waals surface area contributed by atoms with Gasteiger partial charge >= 0.3 is 0 Å². The van der Waals surface area contributed by atoms with Crippen molar-refractivity contribution in [3.05, 3.63) is 0 Å². The number of carbonyl (C=O) groups is 1. The molecule has 2 fully saturated rings. The van der Waals surface area contributed by atoms with Crippen molar-refractivity contribution in [1.29, 1.82) is 0 Å². The molecule has 1 saturated carbocycles. The maximum atomic E-state index is 11.7. The molecule has 1 unspecified atom stereocenters. The van der Waals surface area contributed by atoms with Crippen molar-refractivity contribution in [2.24, 2.45) is 0 Å². The van der Waals surface area contributed by atoms with Gasteiger partial charge in [0.25, 0.3) is 0 Å². The highest BCUT2D eigenvalue weighted by atomic mass is 16.5. The molecule has 0 bridgehead atoms. The maximum absolute atomic E-state index is 11.7. The SMILES string of the molecule is CN(C(=O)CC1COCCN1)C1CC1. The predicted octanol–water partition coefficient (Wildman–Crippen LogP) is -0.0143. The molecular weight excluding hydrogens is 180 g/mol. The number of amides is 1. The highest BCUT2D eigenvalue weighted by Crippen LogP contribution is 2.25. The molecular formula is C10H18N2O2. The summed E-state index contributed by atoms with van der Waals surface area (Å²) in [6, 6.07) is 0.740. The van der Waals surface area contributed by atoms with Crippen molar-refractivity contribution in [3.63, 3.8) is 0 Å². The van der Waals surface area contributed by atoms with Gasteiger partial charge in [0.05, 0.1) is 13.2 Å². The molecule has 2 aliphatic rings. The van der Waals surface area contributed by atoms with Crippen LogP contribution in [0.3, 0.4) is 0 Å². The molecule has 0 aromatic carbocycles. The fourth-order valence-electron chi connectivity index (χ4n) is 1.77. The van der Waals surface area contributed by atoms with Gasteiger partial charge in [0.2, 0.25) is 5.91 Å². The van der Waals surface area contributed by atoms with Crippen LogP contribution in [0.5, 0.6) is 0 Å². The zero-order chi connectivity index (χ0) is 9.97. The molecule has 1 atom stereocenters. The molecule has 1 heterocycles. The van der Waals surface area contributed by atoms with Crippen LogP contribution < -0.4 is 5.32 Å². The van der Waals surface area contributed by atoms with Gasteiger partial charge in [-0.25, -0.2) is 0 Å². The minimum Gasteiger partial charge on any atom is -0.378 e. The lowest BCUT2D eigenvalue weighted by molar-refractivity contribution is -0.131. The summed E-state index contributed by atoms with van der Waals surface area (Å²) in [7, 11) is 1.91. The Morgan fingerprint density at radius 1 is 1.57 bits per heavy atom. The quantitative estimate of drug-likeness (QED) is 0.693. The zero-order valence-electron chi connectivity index (χ0n) is 8.66. The highest BCUT2D eigenvalue weighted by Gasteiger charge is 2.30. The average Bonchev–Trinajstić information content (AvgIpc) is 3.01. The monoisotopic (exact) mass is 198 g/mol. The number of morpholine rings is 1. The zero-order valence-corrected chi connectivity index (χ0v) is 8.66. The van der Waals surface area contributed by atoms with E-state index < -0.39 is 0 Å².